The topological polar surface area (TPSA) is 92.3 Å². The molecule has 2 aromatic carbocycles. The van der Waals surface area contributed by atoms with Crippen LogP contribution in [0.15, 0.2) is 58.6 Å². The minimum atomic E-state index is -3.52. The second-order valence-electron chi connectivity index (χ2n) is 7.17. The van der Waals surface area contributed by atoms with Crippen molar-refractivity contribution in [1.29, 1.82) is 0 Å². The lowest BCUT2D eigenvalue weighted by Gasteiger charge is -2.25. The second kappa shape index (κ2) is 9.52. The van der Waals surface area contributed by atoms with E-state index in [1.807, 2.05) is 0 Å². The van der Waals surface area contributed by atoms with Crippen LogP contribution in [0.4, 0.5) is 5.69 Å². The first-order valence-corrected chi connectivity index (χ1v) is 12.7. The third-order valence-electron chi connectivity index (χ3n) is 4.90. The van der Waals surface area contributed by atoms with E-state index in [0.29, 0.717) is 39.9 Å². The molecule has 1 aliphatic rings. The minimum absolute atomic E-state index is 0.161. The van der Waals surface area contributed by atoms with Gasteiger partial charge in [-0.15, -0.1) is 0 Å². The number of amides is 1. The normalized spacial score (nSPS) is 15.1. The lowest BCUT2D eigenvalue weighted by molar-refractivity contribution is -0.113. The number of fused-ring (bicyclic) bond motifs is 1. The average molecular weight is 477 g/mol. The Hall–Kier alpha value is -2.20. The number of sulfonamides is 1. The molecule has 2 heterocycles. The fourth-order valence-electron chi connectivity index (χ4n) is 3.36. The quantitative estimate of drug-likeness (QED) is 0.536. The van der Waals surface area contributed by atoms with Crippen LogP contribution in [0.3, 0.4) is 0 Å². The van der Waals surface area contributed by atoms with E-state index < -0.39 is 10.0 Å². The van der Waals surface area contributed by atoms with Crippen molar-refractivity contribution >= 4 is 56.0 Å². The lowest BCUT2D eigenvalue weighted by atomic mass is 10.2. The van der Waals surface area contributed by atoms with Gasteiger partial charge in [0.25, 0.3) is 0 Å². The van der Waals surface area contributed by atoms with Gasteiger partial charge in [0.2, 0.25) is 15.9 Å². The third kappa shape index (κ3) is 5.35. The van der Waals surface area contributed by atoms with Gasteiger partial charge >= 0.3 is 0 Å². The first-order valence-electron chi connectivity index (χ1n) is 9.87. The molecule has 0 radical (unpaired) electrons. The van der Waals surface area contributed by atoms with Gasteiger partial charge in [-0.1, -0.05) is 35.9 Å². The highest BCUT2D eigenvalue weighted by atomic mass is 35.5. The van der Waals surface area contributed by atoms with Gasteiger partial charge in [-0.2, -0.15) is 4.31 Å². The number of halogens is 1. The number of aromatic nitrogens is 2. The number of anilines is 1. The van der Waals surface area contributed by atoms with E-state index in [-0.39, 0.29) is 16.6 Å². The monoisotopic (exact) mass is 476 g/mol. The summed E-state index contributed by atoms with van der Waals surface area (Å²) >= 11 is 7.18. The van der Waals surface area contributed by atoms with Gasteiger partial charge in [-0.3, -0.25) is 9.78 Å². The Balaban J connectivity index is 1.43. The standard InChI is InChI=1S/C21H21ClN4O3S2/c22-15-5-4-6-16(11-15)24-20(27)14-30-21-13-23-19-12-17(7-8-18(19)25-21)31(28,29)26-9-2-1-3-10-26/h4-8,11-13H,1-3,9-10,14H2,(H,24,27). The predicted octanol–water partition coefficient (Wildman–Crippen LogP) is 4.19. The van der Waals surface area contributed by atoms with E-state index in [2.05, 4.69) is 15.3 Å². The van der Waals surface area contributed by atoms with E-state index in [0.717, 1.165) is 19.3 Å². The summed E-state index contributed by atoms with van der Waals surface area (Å²) in [7, 11) is -3.52. The van der Waals surface area contributed by atoms with Crippen LogP contribution in [-0.4, -0.2) is 47.4 Å². The Labute approximate surface area is 190 Å². The Morgan fingerprint density at radius 3 is 2.68 bits per heavy atom. The van der Waals surface area contributed by atoms with E-state index in [9.17, 15) is 13.2 Å². The first-order chi connectivity index (χ1) is 14.9. The smallest absolute Gasteiger partial charge is 0.243 e. The fourth-order valence-corrected chi connectivity index (χ4v) is 5.73. The lowest BCUT2D eigenvalue weighted by Crippen LogP contribution is -2.35. The molecule has 1 fully saturated rings. The molecule has 3 aromatic rings. The Kier molecular flexibility index (Phi) is 6.76. The Morgan fingerprint density at radius 1 is 1.10 bits per heavy atom. The Morgan fingerprint density at radius 2 is 1.90 bits per heavy atom. The van der Waals surface area contributed by atoms with E-state index >= 15 is 0 Å². The maximum Gasteiger partial charge on any atom is 0.243 e. The number of carbonyl (C=O) groups excluding carboxylic acids is 1. The molecule has 0 spiro atoms. The van der Waals surface area contributed by atoms with Gasteiger partial charge in [0.15, 0.2) is 0 Å². The maximum atomic E-state index is 12.9. The van der Waals surface area contributed by atoms with Crippen molar-refractivity contribution in [3.8, 4) is 0 Å². The number of hydrogen-bond donors (Lipinski definition) is 1. The van der Waals surface area contributed by atoms with Crippen molar-refractivity contribution < 1.29 is 13.2 Å². The van der Waals surface area contributed by atoms with E-state index in [1.54, 1.807) is 48.7 Å². The highest BCUT2D eigenvalue weighted by molar-refractivity contribution is 7.99. The van der Waals surface area contributed by atoms with Crippen LogP contribution < -0.4 is 5.32 Å². The average Bonchev–Trinajstić information content (AvgIpc) is 2.78. The zero-order valence-corrected chi connectivity index (χ0v) is 19.0. The van der Waals surface area contributed by atoms with Gasteiger partial charge in [0.05, 0.1) is 27.9 Å². The van der Waals surface area contributed by atoms with Crippen molar-refractivity contribution in [3.63, 3.8) is 0 Å². The van der Waals surface area contributed by atoms with Crippen LogP contribution in [0.5, 0.6) is 0 Å². The fraction of sp³-hybridized carbons (Fsp3) is 0.286. The van der Waals surface area contributed by atoms with Gasteiger partial charge in [-0.05, 0) is 49.2 Å². The number of hydrogen-bond acceptors (Lipinski definition) is 6. The van der Waals surface area contributed by atoms with Crippen LogP contribution in [-0.2, 0) is 14.8 Å². The largest absolute Gasteiger partial charge is 0.325 e. The third-order valence-corrected chi connectivity index (χ3v) is 7.93. The molecule has 1 saturated heterocycles. The molecular formula is C21H21ClN4O3S2. The van der Waals surface area contributed by atoms with Crippen LogP contribution >= 0.6 is 23.4 Å². The molecule has 1 aliphatic heterocycles. The van der Waals surface area contributed by atoms with Crippen molar-refractivity contribution in [3.05, 3.63) is 53.7 Å². The molecule has 0 atom stereocenters. The van der Waals surface area contributed by atoms with Crippen LogP contribution in [0.25, 0.3) is 11.0 Å². The van der Waals surface area contributed by atoms with Crippen LogP contribution in [0.1, 0.15) is 19.3 Å². The zero-order valence-electron chi connectivity index (χ0n) is 16.6. The number of benzene rings is 2. The molecule has 1 N–H and O–H groups in total. The van der Waals surface area contributed by atoms with Gasteiger partial charge in [-0.25, -0.2) is 13.4 Å². The highest BCUT2D eigenvalue weighted by Crippen LogP contribution is 2.24. The molecular weight excluding hydrogens is 456 g/mol. The van der Waals surface area contributed by atoms with Crippen molar-refractivity contribution in [2.45, 2.75) is 29.2 Å². The number of piperidine rings is 1. The molecule has 7 nitrogen and oxygen atoms in total. The molecule has 1 amide bonds. The highest BCUT2D eigenvalue weighted by Gasteiger charge is 2.26. The molecule has 1 aromatic heterocycles. The number of carbonyl (C=O) groups is 1. The molecule has 4 rings (SSSR count). The van der Waals surface area contributed by atoms with Gasteiger partial charge in [0, 0.05) is 23.8 Å². The molecule has 0 aliphatic carbocycles. The second-order valence-corrected chi connectivity index (χ2v) is 10.5. The molecule has 10 heteroatoms. The van der Waals surface area contributed by atoms with E-state index in [1.165, 1.54) is 16.1 Å². The first kappa shape index (κ1) is 22.0. The van der Waals surface area contributed by atoms with Crippen molar-refractivity contribution in [1.82, 2.24) is 14.3 Å². The number of thioether (sulfide) groups is 1. The summed E-state index contributed by atoms with van der Waals surface area (Å²) in [6, 6.07) is 11.7. The summed E-state index contributed by atoms with van der Waals surface area (Å²) in [5.41, 5.74) is 1.72. The maximum absolute atomic E-state index is 12.9. The van der Waals surface area contributed by atoms with Crippen LogP contribution in [0, 0.1) is 0 Å². The Bertz CT molecular complexity index is 1210. The van der Waals surface area contributed by atoms with Crippen molar-refractivity contribution in [2.24, 2.45) is 0 Å². The van der Waals surface area contributed by atoms with Gasteiger partial charge in [0.1, 0.15) is 5.03 Å². The summed E-state index contributed by atoms with van der Waals surface area (Å²) in [5, 5.41) is 3.91. The predicted molar refractivity (Wildman–Crippen MR) is 123 cm³/mol. The summed E-state index contributed by atoms with van der Waals surface area (Å²) < 4.78 is 27.3. The van der Waals surface area contributed by atoms with Gasteiger partial charge < -0.3 is 5.32 Å². The van der Waals surface area contributed by atoms with Crippen LogP contribution in [0.2, 0.25) is 5.02 Å². The van der Waals surface area contributed by atoms with E-state index in [4.69, 9.17) is 11.6 Å². The molecule has 0 bridgehead atoms. The summed E-state index contributed by atoms with van der Waals surface area (Å²) in [4.78, 5) is 21.3. The molecule has 31 heavy (non-hydrogen) atoms. The summed E-state index contributed by atoms with van der Waals surface area (Å²) in [6.45, 7) is 1.11. The van der Waals surface area contributed by atoms with Crippen molar-refractivity contribution in [2.75, 3.05) is 24.2 Å². The summed E-state index contributed by atoms with van der Waals surface area (Å²) in [6.07, 6.45) is 4.39. The molecule has 162 valence electrons. The number of nitrogens with zero attached hydrogens (tertiary/aromatic N) is 3. The molecule has 0 saturated carbocycles. The zero-order chi connectivity index (χ0) is 21.8. The minimum Gasteiger partial charge on any atom is -0.325 e. The number of nitrogens with one attached hydrogen (secondary N) is 1. The molecule has 0 unspecified atom stereocenters. The SMILES string of the molecule is O=C(CSc1cnc2cc(S(=O)(=O)N3CCCCC3)ccc2n1)Nc1cccc(Cl)c1. The summed E-state index contributed by atoms with van der Waals surface area (Å²) in [5.74, 6) is -0.0224. The number of rotatable bonds is 6.